The molecule has 2 unspecified atom stereocenters. The number of amides is 10. The Hall–Kier alpha value is -5.99. The van der Waals surface area contributed by atoms with Crippen molar-refractivity contribution in [3.05, 3.63) is 0 Å². The first-order chi connectivity index (χ1) is 43.1. The van der Waals surface area contributed by atoms with E-state index in [4.69, 9.17) is 14.2 Å². The van der Waals surface area contributed by atoms with E-state index in [0.29, 0.717) is 39.3 Å². The second kappa shape index (κ2) is 38.5. The Labute approximate surface area is 555 Å². The van der Waals surface area contributed by atoms with Crippen LogP contribution in [0.4, 0.5) is 0 Å². The van der Waals surface area contributed by atoms with Gasteiger partial charge in [-0.3, -0.25) is 52.8 Å². The maximum Gasteiger partial charge on any atom is 0.329 e. The summed E-state index contributed by atoms with van der Waals surface area (Å²) in [6.07, 6.45) is -3.12. The molecule has 13 atom stereocenters. The van der Waals surface area contributed by atoms with Crippen molar-refractivity contribution < 1.29 is 72.1 Å². The Morgan fingerprint density at radius 2 is 0.914 bits per heavy atom. The van der Waals surface area contributed by atoms with E-state index >= 15 is 14.4 Å². The predicted octanol–water partition coefficient (Wildman–Crippen LogP) is 2.76. The van der Waals surface area contributed by atoms with E-state index in [0.717, 1.165) is 9.80 Å². The smallest absolute Gasteiger partial charge is 0.329 e. The molecule has 2 aliphatic rings. The third-order valence-electron chi connectivity index (χ3n) is 17.7. The molecule has 2 aliphatic heterocycles. The van der Waals surface area contributed by atoms with Crippen LogP contribution >= 0.6 is 0 Å². The molecule has 2 heterocycles. The molecule has 93 heavy (non-hydrogen) atoms. The van der Waals surface area contributed by atoms with Crippen molar-refractivity contribution in [1.82, 2.24) is 55.6 Å². The number of nitrogens with one attached hydrogen (secondary N) is 4. The number of cyclic esters (lactones) is 1. The molecule has 26 nitrogen and oxygen atoms in total. The Bertz CT molecular complexity index is 2490. The van der Waals surface area contributed by atoms with Crippen LogP contribution in [0, 0.1) is 47.3 Å². The van der Waals surface area contributed by atoms with Gasteiger partial charge in [0.25, 0.3) is 5.91 Å². The first-order valence-electron chi connectivity index (χ1n) is 33.6. The fourth-order valence-corrected chi connectivity index (χ4v) is 11.8. The highest BCUT2D eigenvalue weighted by molar-refractivity contribution is 5.99. The molecular weight excluding hydrogens is 1200 g/mol. The van der Waals surface area contributed by atoms with E-state index in [9.17, 15) is 43.5 Å². The molecule has 0 aliphatic carbocycles. The van der Waals surface area contributed by atoms with Gasteiger partial charge in [-0.2, -0.15) is 0 Å². The van der Waals surface area contributed by atoms with Crippen molar-refractivity contribution in [3.8, 4) is 0 Å². The molecule has 534 valence electrons. The number of esters is 1. The summed E-state index contributed by atoms with van der Waals surface area (Å²) in [6.45, 7) is 32.2. The Balaban J connectivity index is 3.05. The van der Waals surface area contributed by atoms with Crippen LogP contribution < -0.4 is 21.3 Å². The van der Waals surface area contributed by atoms with E-state index in [1.165, 1.54) is 82.8 Å². The highest BCUT2D eigenvalue weighted by Gasteiger charge is 2.46. The van der Waals surface area contributed by atoms with E-state index in [2.05, 4.69) is 26.2 Å². The zero-order valence-electron chi connectivity index (χ0n) is 60.8. The van der Waals surface area contributed by atoms with Crippen molar-refractivity contribution in [2.75, 3.05) is 88.8 Å². The maximum atomic E-state index is 15.4. The number of aliphatic hydroxyl groups is 1. The normalized spacial score (nSPS) is 27.0. The summed E-state index contributed by atoms with van der Waals surface area (Å²) in [7, 11) is 9.67. The Morgan fingerprint density at radius 1 is 0.495 bits per heavy atom. The number of morpholine rings is 1. The predicted molar refractivity (Wildman–Crippen MR) is 354 cm³/mol. The van der Waals surface area contributed by atoms with E-state index in [1.54, 1.807) is 34.6 Å². The first-order valence-corrected chi connectivity index (χ1v) is 33.6. The number of hydrogen-bond acceptors (Lipinski definition) is 16. The lowest BCUT2D eigenvalue weighted by atomic mass is 9.91. The minimum atomic E-state index is -1.69. The Kier molecular flexibility index (Phi) is 34.4. The van der Waals surface area contributed by atoms with Gasteiger partial charge in [0.2, 0.25) is 53.2 Å². The van der Waals surface area contributed by atoms with Gasteiger partial charge in [-0.1, -0.05) is 104 Å². The lowest BCUT2D eigenvalue weighted by Gasteiger charge is -2.40. The Morgan fingerprint density at radius 3 is 1.34 bits per heavy atom. The molecule has 2 saturated heterocycles. The molecule has 26 heteroatoms. The third kappa shape index (κ3) is 24.6. The van der Waals surface area contributed by atoms with Crippen LogP contribution in [-0.4, -0.2) is 266 Å². The second-order valence-corrected chi connectivity index (χ2v) is 28.9. The van der Waals surface area contributed by atoms with E-state index in [-0.39, 0.29) is 61.7 Å². The largest absolute Gasteiger partial charge is 0.450 e. The fourth-order valence-electron chi connectivity index (χ4n) is 11.8. The third-order valence-corrected chi connectivity index (χ3v) is 17.7. The highest BCUT2D eigenvalue weighted by Crippen LogP contribution is 2.25. The van der Waals surface area contributed by atoms with Gasteiger partial charge in [0.1, 0.15) is 54.4 Å². The van der Waals surface area contributed by atoms with E-state index in [1.807, 2.05) is 69.2 Å². The van der Waals surface area contributed by atoms with Gasteiger partial charge in [-0.15, -0.1) is 0 Å². The minimum Gasteiger partial charge on any atom is -0.450 e. The van der Waals surface area contributed by atoms with Crippen molar-refractivity contribution >= 4 is 65.0 Å². The van der Waals surface area contributed by atoms with Crippen LogP contribution in [-0.2, 0) is 67.0 Å². The molecule has 0 spiro atoms. The summed E-state index contributed by atoms with van der Waals surface area (Å²) in [5.74, 6) is -11.0. The number of carbonyl (C=O) groups excluding carboxylic acids is 11. The topological polar surface area (TPSA) is 306 Å². The number of likely N-dealkylation sites (N-methyl/N-ethyl adjacent to an activating group) is 6. The molecule has 0 aromatic rings. The van der Waals surface area contributed by atoms with Gasteiger partial charge in [-0.25, -0.2) is 4.79 Å². The quantitative estimate of drug-likeness (QED) is 0.116. The van der Waals surface area contributed by atoms with Crippen molar-refractivity contribution in [2.45, 2.75) is 229 Å². The van der Waals surface area contributed by atoms with Gasteiger partial charge in [0, 0.05) is 62.5 Å². The van der Waals surface area contributed by atoms with Gasteiger partial charge >= 0.3 is 5.97 Å². The summed E-state index contributed by atoms with van der Waals surface area (Å²) >= 11 is 0. The summed E-state index contributed by atoms with van der Waals surface area (Å²) in [5, 5.41) is 23.7. The minimum absolute atomic E-state index is 0.0908. The zero-order valence-corrected chi connectivity index (χ0v) is 60.8. The van der Waals surface area contributed by atoms with Crippen LogP contribution in [0.25, 0.3) is 0 Å². The molecule has 10 amide bonds. The molecule has 2 fully saturated rings. The van der Waals surface area contributed by atoms with Crippen LogP contribution in [0.15, 0.2) is 0 Å². The first kappa shape index (κ1) is 83.1. The lowest BCUT2D eigenvalue weighted by molar-refractivity contribution is -0.166. The number of rotatable bonds is 19. The average Bonchev–Trinajstić information content (AvgIpc) is 0.835. The van der Waals surface area contributed by atoms with Crippen LogP contribution in [0.5, 0.6) is 0 Å². The summed E-state index contributed by atoms with van der Waals surface area (Å²) in [5.41, 5.74) is 0. The number of nitrogens with zero attached hydrogens (tertiary/aromatic N) is 7. The molecule has 0 aromatic carbocycles. The van der Waals surface area contributed by atoms with Crippen LogP contribution in [0.3, 0.4) is 0 Å². The van der Waals surface area contributed by atoms with Crippen molar-refractivity contribution in [2.24, 2.45) is 47.3 Å². The maximum absolute atomic E-state index is 15.4. The van der Waals surface area contributed by atoms with Gasteiger partial charge in [0.05, 0.1) is 32.0 Å². The molecule has 0 aromatic heterocycles. The zero-order chi connectivity index (χ0) is 71.4. The standard InChI is InChI=1S/C67H121N11O15/c1-37(2)31-47-62(85)74(20)50(34-40(7)8)58(81)68-45(16)67(90)93-57(43(13)14)66(89)75(21)51(35-41(9)10)60(83)70-48(32-38(3)4)63(86)76(22)54(42(11)12)65(88)77(23)55(56(80)44(15)25-26-78-27-29-92-30-28-78)61(84)71-53(46(17)91-24)64(87)72(18)36-52(79)73(19)49(33-39(5)6)59(82)69-47/h37-51,53-57,80H,25-36H2,1-24H3,(H,68,81)(H,69,82)(H,70,83)(H,71,84)/t44-,45-,46?,47-,48+,49+,50+,51+,53+,54-,55+,56?,57+/m1/s1. The van der Waals surface area contributed by atoms with Crippen molar-refractivity contribution in [1.29, 1.82) is 0 Å². The van der Waals surface area contributed by atoms with Crippen molar-refractivity contribution in [3.63, 3.8) is 0 Å². The number of methoxy groups -OCH3 is 1. The molecular formula is C67H121N11O15. The van der Waals surface area contributed by atoms with Gasteiger partial charge in [-0.05, 0) is 106 Å². The van der Waals surface area contributed by atoms with Crippen LogP contribution in [0.2, 0.25) is 0 Å². The molecule has 2 rings (SSSR count). The summed E-state index contributed by atoms with van der Waals surface area (Å²) in [6, 6.07) is -11.9. The number of ether oxygens (including phenoxy) is 3. The number of carbonyl (C=O) groups is 11. The second-order valence-electron chi connectivity index (χ2n) is 28.9. The SMILES string of the molecule is COC(C)[C@@H]1NC(=O)[C@H](C(O)[C@H](C)CCN2CCOCC2)N(C)C(=O)[C@@H](C(C)C)N(C)C(=O)[C@H](CC(C)C)NC(=O)[C@H](CC(C)C)N(C)C(=O)[C@H](C(C)C)OC(=O)[C@@H](C)NC(=O)[C@H](CC(C)C)N(C)C(=O)[C@@H](CC(C)C)NC(=O)[C@H](CC(C)C)N(C)C(=O)CN(C)C1=O. The fraction of sp³-hybridized carbons (Fsp3) is 0.836. The highest BCUT2D eigenvalue weighted by atomic mass is 16.6. The average molecular weight is 1320 g/mol. The molecule has 5 N–H and O–H groups in total. The number of aliphatic hydroxyl groups excluding tert-OH is 1. The van der Waals surface area contributed by atoms with Gasteiger partial charge < -0.3 is 70.0 Å². The molecule has 0 bridgehead atoms. The monoisotopic (exact) mass is 1320 g/mol. The molecule has 0 saturated carbocycles. The summed E-state index contributed by atoms with van der Waals surface area (Å²) in [4.78, 5) is 172. The molecule has 0 radical (unpaired) electrons. The van der Waals surface area contributed by atoms with Gasteiger partial charge in [0.15, 0.2) is 6.10 Å². The lowest BCUT2D eigenvalue weighted by Crippen LogP contribution is -2.64. The number of hydrogen-bond donors (Lipinski definition) is 5. The van der Waals surface area contributed by atoms with E-state index < -0.39 is 162 Å². The van der Waals surface area contributed by atoms with Crippen LogP contribution in [0.1, 0.15) is 156 Å². The summed E-state index contributed by atoms with van der Waals surface area (Å²) < 4.78 is 17.1.